The first kappa shape index (κ1) is 16.1. The van der Waals surface area contributed by atoms with E-state index in [0.717, 1.165) is 39.0 Å². The Bertz CT molecular complexity index is 320. The molecular formula is C16H29ClN2O. The van der Waals surface area contributed by atoms with Gasteiger partial charge in [0.1, 0.15) is 0 Å². The second-order valence-electron chi connectivity index (χ2n) is 6.98. The number of halogens is 1. The predicted octanol–water partition coefficient (Wildman–Crippen LogP) is 2.98. The molecule has 0 aromatic rings. The number of carbonyl (C=O) groups is 1. The van der Waals surface area contributed by atoms with Crippen molar-refractivity contribution in [3.8, 4) is 0 Å². The third-order valence-electron chi connectivity index (χ3n) is 5.54. The summed E-state index contributed by atoms with van der Waals surface area (Å²) in [6, 6.07) is 0. The number of likely N-dealkylation sites (tertiary alicyclic amines) is 1. The number of amides is 1. The van der Waals surface area contributed by atoms with E-state index in [0.29, 0.717) is 17.2 Å². The third kappa shape index (κ3) is 3.48. The van der Waals surface area contributed by atoms with Crippen LogP contribution >= 0.6 is 12.4 Å². The Balaban J connectivity index is 0.00000147. The van der Waals surface area contributed by atoms with Crippen LogP contribution in [0.1, 0.15) is 57.8 Å². The lowest BCUT2D eigenvalue weighted by Gasteiger charge is -2.27. The molecule has 3 aliphatic rings. The van der Waals surface area contributed by atoms with Gasteiger partial charge in [-0.15, -0.1) is 12.4 Å². The monoisotopic (exact) mass is 300 g/mol. The molecule has 3 fully saturated rings. The van der Waals surface area contributed by atoms with E-state index >= 15 is 0 Å². The molecule has 3 nitrogen and oxygen atoms in total. The predicted molar refractivity (Wildman–Crippen MR) is 84.2 cm³/mol. The van der Waals surface area contributed by atoms with Gasteiger partial charge in [0, 0.05) is 31.0 Å². The van der Waals surface area contributed by atoms with E-state index in [1.54, 1.807) is 0 Å². The van der Waals surface area contributed by atoms with Crippen molar-refractivity contribution in [2.45, 2.75) is 57.8 Å². The minimum Gasteiger partial charge on any atom is -0.342 e. The quantitative estimate of drug-likeness (QED) is 0.807. The summed E-state index contributed by atoms with van der Waals surface area (Å²) >= 11 is 0. The van der Waals surface area contributed by atoms with Crippen LogP contribution in [0.15, 0.2) is 0 Å². The summed E-state index contributed by atoms with van der Waals surface area (Å²) < 4.78 is 0. The van der Waals surface area contributed by atoms with Gasteiger partial charge < -0.3 is 10.2 Å². The molecule has 2 saturated heterocycles. The minimum atomic E-state index is 0. The Kier molecular flexibility index (Phi) is 5.74. The lowest BCUT2D eigenvalue weighted by Crippen LogP contribution is -2.37. The highest BCUT2D eigenvalue weighted by molar-refractivity contribution is 5.85. The molecule has 0 aromatic carbocycles. The summed E-state index contributed by atoms with van der Waals surface area (Å²) in [7, 11) is 0. The van der Waals surface area contributed by atoms with Crippen LogP contribution in [0.3, 0.4) is 0 Å². The molecule has 0 aromatic heterocycles. The zero-order valence-corrected chi connectivity index (χ0v) is 13.3. The van der Waals surface area contributed by atoms with Gasteiger partial charge in [0.05, 0.1) is 0 Å². The van der Waals surface area contributed by atoms with Crippen LogP contribution in [-0.2, 0) is 4.79 Å². The molecule has 2 aliphatic heterocycles. The summed E-state index contributed by atoms with van der Waals surface area (Å²) in [6.45, 7) is 4.30. The molecule has 1 atom stereocenters. The Hall–Kier alpha value is -0.280. The molecule has 0 radical (unpaired) electrons. The Morgan fingerprint density at radius 3 is 2.40 bits per heavy atom. The van der Waals surface area contributed by atoms with E-state index in [1.807, 2.05) is 0 Å². The fourth-order valence-corrected chi connectivity index (χ4v) is 4.23. The van der Waals surface area contributed by atoms with Crippen LogP contribution in [0.4, 0.5) is 0 Å². The summed E-state index contributed by atoms with van der Waals surface area (Å²) in [5, 5.41) is 3.47. The van der Waals surface area contributed by atoms with Crippen molar-refractivity contribution in [1.29, 1.82) is 0 Å². The fourth-order valence-electron chi connectivity index (χ4n) is 4.23. The van der Waals surface area contributed by atoms with E-state index in [-0.39, 0.29) is 12.4 Å². The van der Waals surface area contributed by atoms with Crippen LogP contribution < -0.4 is 5.32 Å². The standard InChI is InChI=1S/C16H28N2O.ClH/c19-15(14-6-4-2-1-3-5-7-14)18-11-9-16(13-18)8-10-17-12-16;/h14,17H,1-13H2;1H. The lowest BCUT2D eigenvalue weighted by molar-refractivity contribution is -0.135. The zero-order valence-electron chi connectivity index (χ0n) is 12.5. The molecule has 1 unspecified atom stereocenters. The van der Waals surface area contributed by atoms with Gasteiger partial charge in [-0.05, 0) is 32.2 Å². The molecule has 4 heteroatoms. The smallest absolute Gasteiger partial charge is 0.225 e. The van der Waals surface area contributed by atoms with Gasteiger partial charge in [0.15, 0.2) is 0 Å². The van der Waals surface area contributed by atoms with Crippen LogP contribution in [0, 0.1) is 11.3 Å². The summed E-state index contributed by atoms with van der Waals surface area (Å²) in [5.41, 5.74) is 0.428. The molecule has 2 heterocycles. The Labute approximate surface area is 129 Å². The van der Waals surface area contributed by atoms with Crippen LogP contribution in [0.5, 0.6) is 0 Å². The van der Waals surface area contributed by atoms with Crippen molar-refractivity contribution in [1.82, 2.24) is 10.2 Å². The number of nitrogens with zero attached hydrogens (tertiary/aromatic N) is 1. The van der Waals surface area contributed by atoms with Gasteiger partial charge in [0.25, 0.3) is 0 Å². The van der Waals surface area contributed by atoms with Gasteiger partial charge in [-0.1, -0.05) is 32.1 Å². The highest BCUT2D eigenvalue weighted by Gasteiger charge is 2.42. The van der Waals surface area contributed by atoms with Crippen LogP contribution in [0.25, 0.3) is 0 Å². The third-order valence-corrected chi connectivity index (χ3v) is 5.54. The van der Waals surface area contributed by atoms with Crippen molar-refractivity contribution in [3.63, 3.8) is 0 Å². The summed E-state index contributed by atoms with van der Waals surface area (Å²) in [6.07, 6.45) is 11.3. The molecule has 1 amide bonds. The van der Waals surface area contributed by atoms with Gasteiger partial charge in [-0.25, -0.2) is 0 Å². The zero-order chi connectivity index (χ0) is 13.1. The molecule has 3 rings (SSSR count). The highest BCUT2D eigenvalue weighted by Crippen LogP contribution is 2.37. The number of carbonyl (C=O) groups excluding carboxylic acids is 1. The number of rotatable bonds is 1. The van der Waals surface area contributed by atoms with Crippen molar-refractivity contribution < 1.29 is 4.79 Å². The minimum absolute atomic E-state index is 0. The fraction of sp³-hybridized carbons (Fsp3) is 0.938. The number of nitrogens with one attached hydrogen (secondary N) is 1. The van der Waals surface area contributed by atoms with Crippen LogP contribution in [0.2, 0.25) is 0 Å². The topological polar surface area (TPSA) is 32.3 Å². The van der Waals surface area contributed by atoms with Gasteiger partial charge in [-0.3, -0.25) is 4.79 Å². The summed E-state index contributed by atoms with van der Waals surface area (Å²) in [5.74, 6) is 0.815. The first-order valence-corrected chi connectivity index (χ1v) is 8.29. The molecule has 20 heavy (non-hydrogen) atoms. The second-order valence-corrected chi connectivity index (χ2v) is 6.98. The van der Waals surface area contributed by atoms with E-state index in [9.17, 15) is 4.79 Å². The Morgan fingerprint density at radius 2 is 1.75 bits per heavy atom. The molecule has 1 aliphatic carbocycles. The van der Waals surface area contributed by atoms with Crippen molar-refractivity contribution in [2.24, 2.45) is 11.3 Å². The van der Waals surface area contributed by atoms with Crippen molar-refractivity contribution >= 4 is 18.3 Å². The number of hydrogen-bond acceptors (Lipinski definition) is 2. The number of hydrogen-bond donors (Lipinski definition) is 1. The average Bonchev–Trinajstić information content (AvgIpc) is 2.99. The molecule has 1 spiro atoms. The molecule has 1 N–H and O–H groups in total. The first-order chi connectivity index (χ1) is 9.29. The van der Waals surface area contributed by atoms with Gasteiger partial charge in [0.2, 0.25) is 5.91 Å². The van der Waals surface area contributed by atoms with Gasteiger partial charge >= 0.3 is 0 Å². The second kappa shape index (κ2) is 7.13. The maximum absolute atomic E-state index is 12.7. The van der Waals surface area contributed by atoms with Crippen molar-refractivity contribution in [2.75, 3.05) is 26.2 Å². The first-order valence-electron chi connectivity index (χ1n) is 8.29. The van der Waals surface area contributed by atoms with E-state index in [2.05, 4.69) is 10.2 Å². The summed E-state index contributed by atoms with van der Waals surface area (Å²) in [4.78, 5) is 14.9. The average molecular weight is 301 g/mol. The van der Waals surface area contributed by atoms with Crippen molar-refractivity contribution in [3.05, 3.63) is 0 Å². The molecule has 1 saturated carbocycles. The lowest BCUT2D eigenvalue weighted by atomic mass is 9.86. The Morgan fingerprint density at radius 1 is 1.05 bits per heavy atom. The maximum atomic E-state index is 12.7. The van der Waals surface area contributed by atoms with E-state index in [4.69, 9.17) is 0 Å². The normalized spacial score (nSPS) is 31.9. The molecule has 116 valence electrons. The van der Waals surface area contributed by atoms with E-state index in [1.165, 1.54) is 44.9 Å². The maximum Gasteiger partial charge on any atom is 0.225 e. The van der Waals surface area contributed by atoms with Gasteiger partial charge in [-0.2, -0.15) is 0 Å². The SMILES string of the molecule is Cl.O=C(C1CCCCCCC1)N1CCC2(CCNC2)C1. The van der Waals surface area contributed by atoms with Crippen LogP contribution in [-0.4, -0.2) is 37.0 Å². The largest absolute Gasteiger partial charge is 0.342 e. The molecular weight excluding hydrogens is 272 g/mol. The highest BCUT2D eigenvalue weighted by atomic mass is 35.5. The molecule has 0 bridgehead atoms. The van der Waals surface area contributed by atoms with E-state index < -0.39 is 0 Å².